The summed E-state index contributed by atoms with van der Waals surface area (Å²) >= 11 is 2.70. The molecule has 2 aromatic carbocycles. The number of carbonyl (C=O) groups is 1. The lowest BCUT2D eigenvalue weighted by atomic mass is 10.1. The summed E-state index contributed by atoms with van der Waals surface area (Å²) in [6.45, 7) is 4.34. The first-order valence-electron chi connectivity index (χ1n) is 10.4. The number of thiophene rings is 1. The smallest absolute Gasteiger partial charge is 0.273 e. The van der Waals surface area contributed by atoms with E-state index in [9.17, 15) is 9.59 Å². The fraction of sp³-hybridized carbons (Fsp3) is 0.167. The molecule has 1 N–H and O–H groups in total. The number of aromatic nitrogens is 4. The van der Waals surface area contributed by atoms with Crippen LogP contribution in [0.15, 0.2) is 69.9 Å². The highest BCUT2D eigenvalue weighted by molar-refractivity contribution is 7.99. The van der Waals surface area contributed by atoms with Gasteiger partial charge in [-0.1, -0.05) is 60.3 Å². The highest BCUT2D eigenvalue weighted by Gasteiger charge is 2.19. The summed E-state index contributed by atoms with van der Waals surface area (Å²) < 4.78 is 4.15. The van der Waals surface area contributed by atoms with E-state index in [1.54, 1.807) is 4.57 Å². The van der Waals surface area contributed by atoms with Gasteiger partial charge in [0.25, 0.3) is 5.56 Å². The summed E-state index contributed by atoms with van der Waals surface area (Å²) in [6.07, 6.45) is 0. The third-order valence-corrected chi connectivity index (χ3v) is 7.26. The summed E-state index contributed by atoms with van der Waals surface area (Å²) in [6, 6.07) is 17.6. The largest absolute Gasteiger partial charge is 0.325 e. The monoisotopic (exact) mass is 475 g/mol. The topological polar surface area (TPSA) is 81.3 Å². The fourth-order valence-corrected chi connectivity index (χ4v) is 5.38. The normalized spacial score (nSPS) is 11.3. The van der Waals surface area contributed by atoms with Crippen molar-refractivity contribution in [2.45, 2.75) is 25.5 Å². The van der Waals surface area contributed by atoms with Crippen molar-refractivity contribution < 1.29 is 4.79 Å². The molecule has 9 heteroatoms. The van der Waals surface area contributed by atoms with E-state index in [2.05, 4.69) is 15.5 Å². The average Bonchev–Trinajstić information content (AvgIpc) is 3.46. The predicted octanol–water partition coefficient (Wildman–Crippen LogP) is 4.50. The maximum absolute atomic E-state index is 13.2. The number of anilines is 1. The number of amides is 1. The molecule has 0 spiro atoms. The van der Waals surface area contributed by atoms with Gasteiger partial charge in [0.2, 0.25) is 11.7 Å². The molecule has 3 heterocycles. The molecule has 5 rings (SSSR count). The number of aryl methyl sites for hydroxylation is 2. The van der Waals surface area contributed by atoms with Crippen LogP contribution in [0.4, 0.5) is 5.69 Å². The SMILES string of the molecule is Cc1cccc(C)c1NC(=O)CSc1nnc2n(Cc3ccccc3)c(=O)c3sccc3n12. The van der Waals surface area contributed by atoms with Crippen LogP contribution in [0.2, 0.25) is 0 Å². The molecule has 0 aliphatic rings. The van der Waals surface area contributed by atoms with Crippen molar-refractivity contribution in [2.24, 2.45) is 0 Å². The Labute approximate surface area is 198 Å². The van der Waals surface area contributed by atoms with Gasteiger partial charge in [0.05, 0.1) is 17.8 Å². The zero-order chi connectivity index (χ0) is 22.9. The van der Waals surface area contributed by atoms with E-state index in [4.69, 9.17) is 0 Å². The van der Waals surface area contributed by atoms with Crippen LogP contribution in [0.3, 0.4) is 0 Å². The lowest BCUT2D eigenvalue weighted by Crippen LogP contribution is -2.23. The van der Waals surface area contributed by atoms with Gasteiger partial charge in [-0.25, -0.2) is 0 Å². The van der Waals surface area contributed by atoms with Crippen LogP contribution in [0.1, 0.15) is 16.7 Å². The van der Waals surface area contributed by atoms with Gasteiger partial charge in [-0.2, -0.15) is 0 Å². The minimum Gasteiger partial charge on any atom is -0.325 e. The number of fused-ring (bicyclic) bond motifs is 3. The third kappa shape index (κ3) is 4.05. The molecule has 0 saturated carbocycles. The van der Waals surface area contributed by atoms with E-state index >= 15 is 0 Å². The first-order chi connectivity index (χ1) is 16.0. The Morgan fingerprint density at radius 3 is 2.55 bits per heavy atom. The summed E-state index contributed by atoms with van der Waals surface area (Å²) in [5.41, 5.74) is 4.55. The molecule has 0 atom stereocenters. The van der Waals surface area contributed by atoms with E-state index in [1.165, 1.54) is 23.1 Å². The number of rotatable bonds is 6. The molecular formula is C24H21N5O2S2. The second-order valence-electron chi connectivity index (χ2n) is 7.73. The number of nitrogens with one attached hydrogen (secondary N) is 1. The molecule has 1 amide bonds. The summed E-state index contributed by atoms with van der Waals surface area (Å²) in [7, 11) is 0. The van der Waals surface area contributed by atoms with Gasteiger partial charge in [-0.3, -0.25) is 18.6 Å². The van der Waals surface area contributed by atoms with E-state index < -0.39 is 0 Å². The molecule has 0 unspecified atom stereocenters. The summed E-state index contributed by atoms with van der Waals surface area (Å²) in [5, 5.41) is 14.1. The number of para-hydroxylation sites is 1. The number of hydrogen-bond acceptors (Lipinski definition) is 6. The van der Waals surface area contributed by atoms with Gasteiger partial charge in [-0.05, 0) is 42.0 Å². The highest BCUT2D eigenvalue weighted by atomic mass is 32.2. The highest BCUT2D eigenvalue weighted by Crippen LogP contribution is 2.25. The lowest BCUT2D eigenvalue weighted by Gasteiger charge is -2.11. The van der Waals surface area contributed by atoms with Gasteiger partial charge in [0.15, 0.2) is 5.16 Å². The summed E-state index contributed by atoms with van der Waals surface area (Å²) in [4.78, 5) is 25.9. The van der Waals surface area contributed by atoms with Crippen molar-refractivity contribution >= 4 is 50.7 Å². The second kappa shape index (κ2) is 8.84. The predicted molar refractivity (Wildman–Crippen MR) is 133 cm³/mol. The molecule has 0 radical (unpaired) electrons. The van der Waals surface area contributed by atoms with Crippen molar-refractivity contribution in [3.63, 3.8) is 0 Å². The standard InChI is InChI=1S/C24H21N5O2S2/c1-15-7-6-8-16(2)20(15)25-19(30)14-33-24-27-26-23-28(13-17-9-4-3-5-10-17)22(31)21-18(29(23)24)11-12-32-21/h3-12H,13-14H2,1-2H3,(H,25,30). The van der Waals surface area contributed by atoms with Crippen LogP contribution in [0, 0.1) is 13.8 Å². The van der Waals surface area contributed by atoms with Crippen LogP contribution in [-0.2, 0) is 11.3 Å². The number of hydrogen-bond donors (Lipinski definition) is 1. The molecule has 0 fully saturated rings. The van der Waals surface area contributed by atoms with Gasteiger partial charge in [0, 0.05) is 5.69 Å². The number of carbonyl (C=O) groups excluding carboxylic acids is 1. The Balaban J connectivity index is 1.47. The van der Waals surface area contributed by atoms with E-state index in [0.29, 0.717) is 22.2 Å². The van der Waals surface area contributed by atoms with Crippen molar-refractivity contribution in [3.8, 4) is 0 Å². The Kier molecular flexibility index (Phi) is 5.74. The van der Waals surface area contributed by atoms with Crippen LogP contribution in [0.25, 0.3) is 16.0 Å². The molecule has 0 aliphatic heterocycles. The average molecular weight is 476 g/mol. The maximum Gasteiger partial charge on any atom is 0.273 e. The lowest BCUT2D eigenvalue weighted by molar-refractivity contribution is -0.113. The van der Waals surface area contributed by atoms with E-state index in [0.717, 1.165) is 27.9 Å². The second-order valence-corrected chi connectivity index (χ2v) is 9.59. The Morgan fingerprint density at radius 2 is 1.79 bits per heavy atom. The number of nitrogens with zero attached hydrogens (tertiary/aromatic N) is 4. The Bertz CT molecular complexity index is 1520. The zero-order valence-corrected chi connectivity index (χ0v) is 19.7. The fourth-order valence-electron chi connectivity index (χ4n) is 3.82. The van der Waals surface area contributed by atoms with Gasteiger partial charge in [0.1, 0.15) is 4.70 Å². The first kappa shape index (κ1) is 21.4. The van der Waals surface area contributed by atoms with E-state index in [-0.39, 0.29) is 17.2 Å². The number of benzene rings is 2. The van der Waals surface area contributed by atoms with Crippen molar-refractivity contribution in [2.75, 3.05) is 11.1 Å². The van der Waals surface area contributed by atoms with Gasteiger partial charge in [-0.15, -0.1) is 21.5 Å². The molecule has 0 bridgehead atoms. The van der Waals surface area contributed by atoms with Crippen LogP contribution < -0.4 is 10.9 Å². The summed E-state index contributed by atoms with van der Waals surface area (Å²) in [5.74, 6) is 0.526. The van der Waals surface area contributed by atoms with Crippen LogP contribution in [-0.4, -0.2) is 30.8 Å². The quantitative estimate of drug-likeness (QED) is 0.366. The van der Waals surface area contributed by atoms with E-state index in [1.807, 2.05) is 78.2 Å². The maximum atomic E-state index is 13.2. The van der Waals surface area contributed by atoms with Gasteiger partial charge >= 0.3 is 0 Å². The molecule has 7 nitrogen and oxygen atoms in total. The van der Waals surface area contributed by atoms with Crippen molar-refractivity contribution in [1.82, 2.24) is 19.2 Å². The van der Waals surface area contributed by atoms with Crippen molar-refractivity contribution in [1.29, 1.82) is 0 Å². The van der Waals surface area contributed by atoms with Crippen LogP contribution in [0.5, 0.6) is 0 Å². The van der Waals surface area contributed by atoms with Crippen LogP contribution >= 0.6 is 23.1 Å². The number of thioether (sulfide) groups is 1. The Morgan fingerprint density at radius 1 is 1.03 bits per heavy atom. The molecule has 5 aromatic rings. The molecule has 0 aliphatic carbocycles. The minimum absolute atomic E-state index is 0.0897. The molecule has 0 saturated heterocycles. The minimum atomic E-state index is -0.117. The zero-order valence-electron chi connectivity index (χ0n) is 18.1. The Hall–Kier alpha value is -3.43. The molecule has 3 aromatic heterocycles. The molecular weight excluding hydrogens is 454 g/mol. The molecule has 33 heavy (non-hydrogen) atoms. The molecule has 166 valence electrons. The first-order valence-corrected chi connectivity index (χ1v) is 12.3. The third-order valence-electron chi connectivity index (χ3n) is 5.44. The van der Waals surface area contributed by atoms with Gasteiger partial charge < -0.3 is 5.32 Å². The van der Waals surface area contributed by atoms with Crippen molar-refractivity contribution in [3.05, 3.63) is 87.0 Å².